The topological polar surface area (TPSA) is 40.6 Å². The molecule has 0 amide bonds. The van der Waals surface area contributed by atoms with Crippen LogP contribution in [0.4, 0.5) is 4.39 Å². The Kier molecular flexibility index (Phi) is 4.36. The molecule has 0 unspecified atom stereocenters. The molecule has 2 fully saturated rings. The van der Waals surface area contributed by atoms with Crippen molar-refractivity contribution in [3.8, 4) is 0 Å². The maximum absolute atomic E-state index is 13.8. The average Bonchev–Trinajstić information content (AvgIpc) is 3.08. The second kappa shape index (κ2) is 5.95. The van der Waals surface area contributed by atoms with Gasteiger partial charge in [0.15, 0.2) is 0 Å². The third-order valence-corrected chi connectivity index (χ3v) is 7.46. The third-order valence-electron chi connectivity index (χ3n) is 4.26. The number of hydrogen-bond acceptors (Lipinski definition) is 4. The SMILES string of the molecule is CN(C[C@@H]1C[C@H](F)CN1Cc1cccs1)S(=O)(=O)C1CC1. The van der Waals surface area contributed by atoms with Crippen LogP contribution in [0.1, 0.15) is 24.1 Å². The number of likely N-dealkylation sites (N-methyl/N-ethyl adjacent to an activating group) is 1. The zero-order valence-corrected chi connectivity index (χ0v) is 13.7. The minimum atomic E-state index is -3.17. The monoisotopic (exact) mass is 332 g/mol. The van der Waals surface area contributed by atoms with Gasteiger partial charge in [0.25, 0.3) is 0 Å². The second-order valence-electron chi connectivity index (χ2n) is 6.02. The molecule has 118 valence electrons. The van der Waals surface area contributed by atoms with Crippen LogP contribution in [0.15, 0.2) is 17.5 Å². The zero-order chi connectivity index (χ0) is 15.0. The van der Waals surface area contributed by atoms with E-state index in [2.05, 4.69) is 4.90 Å². The Hall–Kier alpha value is -0.500. The summed E-state index contributed by atoms with van der Waals surface area (Å²) in [5.41, 5.74) is 0. The summed E-state index contributed by atoms with van der Waals surface area (Å²) in [7, 11) is -1.54. The van der Waals surface area contributed by atoms with E-state index in [0.717, 1.165) is 12.8 Å². The lowest BCUT2D eigenvalue weighted by Crippen LogP contribution is -2.41. The van der Waals surface area contributed by atoms with E-state index in [4.69, 9.17) is 0 Å². The first-order valence-corrected chi connectivity index (χ1v) is 9.71. The van der Waals surface area contributed by atoms with Crippen molar-refractivity contribution < 1.29 is 12.8 Å². The quantitative estimate of drug-likeness (QED) is 0.801. The summed E-state index contributed by atoms with van der Waals surface area (Å²) >= 11 is 1.66. The maximum atomic E-state index is 13.8. The number of halogens is 1. The summed E-state index contributed by atoms with van der Waals surface area (Å²) in [6.07, 6.45) is 1.10. The molecule has 4 nitrogen and oxygen atoms in total. The van der Waals surface area contributed by atoms with Crippen molar-refractivity contribution in [2.24, 2.45) is 0 Å². The van der Waals surface area contributed by atoms with E-state index in [1.165, 1.54) is 9.18 Å². The van der Waals surface area contributed by atoms with Crippen molar-refractivity contribution in [3.63, 3.8) is 0 Å². The Bertz CT molecular complexity index is 572. The Morgan fingerprint density at radius 3 is 2.86 bits per heavy atom. The van der Waals surface area contributed by atoms with Crippen molar-refractivity contribution in [2.45, 2.75) is 43.3 Å². The Morgan fingerprint density at radius 1 is 1.48 bits per heavy atom. The van der Waals surface area contributed by atoms with E-state index in [0.29, 0.717) is 26.1 Å². The van der Waals surface area contributed by atoms with Gasteiger partial charge in [-0.2, -0.15) is 0 Å². The molecular formula is C14H21FN2O2S2. The molecule has 2 heterocycles. The fraction of sp³-hybridized carbons (Fsp3) is 0.714. The first kappa shape index (κ1) is 15.4. The molecule has 0 spiro atoms. The van der Waals surface area contributed by atoms with E-state index < -0.39 is 16.2 Å². The number of likely N-dealkylation sites (tertiary alicyclic amines) is 1. The summed E-state index contributed by atoms with van der Waals surface area (Å²) < 4.78 is 39.6. The van der Waals surface area contributed by atoms with Crippen molar-refractivity contribution >= 4 is 21.4 Å². The highest BCUT2D eigenvalue weighted by Gasteiger charge is 2.41. The molecule has 1 saturated carbocycles. The number of sulfonamides is 1. The van der Waals surface area contributed by atoms with Crippen molar-refractivity contribution in [1.82, 2.24) is 9.21 Å². The maximum Gasteiger partial charge on any atom is 0.216 e. The van der Waals surface area contributed by atoms with Crippen LogP contribution in [0.3, 0.4) is 0 Å². The Balaban J connectivity index is 1.64. The van der Waals surface area contributed by atoms with Crippen LogP contribution in [0.5, 0.6) is 0 Å². The fourth-order valence-electron chi connectivity index (χ4n) is 2.93. The molecule has 1 aliphatic carbocycles. The number of nitrogens with zero attached hydrogens (tertiary/aromatic N) is 2. The van der Waals surface area contributed by atoms with Crippen LogP contribution in [-0.4, -0.2) is 55.2 Å². The Morgan fingerprint density at radius 2 is 2.24 bits per heavy atom. The highest BCUT2D eigenvalue weighted by molar-refractivity contribution is 7.90. The summed E-state index contributed by atoms with van der Waals surface area (Å²) in [5, 5.41) is 1.81. The minimum Gasteiger partial charge on any atom is -0.291 e. The van der Waals surface area contributed by atoms with E-state index >= 15 is 0 Å². The molecule has 0 radical (unpaired) electrons. The van der Waals surface area contributed by atoms with E-state index in [-0.39, 0.29) is 11.3 Å². The van der Waals surface area contributed by atoms with Gasteiger partial charge < -0.3 is 0 Å². The number of hydrogen-bond donors (Lipinski definition) is 0. The first-order valence-electron chi connectivity index (χ1n) is 7.32. The van der Waals surface area contributed by atoms with Gasteiger partial charge in [-0.15, -0.1) is 11.3 Å². The van der Waals surface area contributed by atoms with Crippen LogP contribution in [-0.2, 0) is 16.6 Å². The molecule has 2 atom stereocenters. The normalized spacial score (nSPS) is 27.6. The Labute approximate surface area is 129 Å². The van der Waals surface area contributed by atoms with Gasteiger partial charge in [-0.1, -0.05) is 6.07 Å². The standard InChI is InChI=1S/C14H21FN2O2S2/c1-16(21(18,19)14-4-5-14)9-12-7-11(15)8-17(12)10-13-3-2-6-20-13/h2-3,6,11-12,14H,4-5,7-10H2,1H3/t11-,12-/m0/s1. The molecule has 7 heteroatoms. The van der Waals surface area contributed by atoms with Crippen LogP contribution in [0, 0.1) is 0 Å². The van der Waals surface area contributed by atoms with Crippen molar-refractivity contribution in [1.29, 1.82) is 0 Å². The number of thiophene rings is 1. The molecule has 3 rings (SSSR count). The molecule has 21 heavy (non-hydrogen) atoms. The molecule has 1 saturated heterocycles. The van der Waals surface area contributed by atoms with Gasteiger partial charge in [0.1, 0.15) is 6.17 Å². The summed E-state index contributed by atoms with van der Waals surface area (Å²) in [6, 6.07) is 4.00. The third kappa shape index (κ3) is 3.47. The van der Waals surface area contributed by atoms with Crippen LogP contribution in [0.2, 0.25) is 0 Å². The van der Waals surface area contributed by atoms with E-state index in [9.17, 15) is 12.8 Å². The van der Waals surface area contributed by atoms with Gasteiger partial charge in [-0.05, 0) is 30.7 Å². The number of alkyl halides is 1. The molecule has 1 aromatic rings. The lowest BCUT2D eigenvalue weighted by Gasteiger charge is -2.27. The van der Waals surface area contributed by atoms with Gasteiger partial charge >= 0.3 is 0 Å². The summed E-state index contributed by atoms with van der Waals surface area (Å²) in [6.45, 7) is 1.50. The highest BCUT2D eigenvalue weighted by Crippen LogP contribution is 2.32. The van der Waals surface area contributed by atoms with Gasteiger partial charge in [-0.25, -0.2) is 17.1 Å². The van der Waals surface area contributed by atoms with E-state index in [1.807, 2.05) is 17.5 Å². The second-order valence-corrected chi connectivity index (χ2v) is 9.37. The molecule has 2 aliphatic rings. The number of rotatable bonds is 6. The van der Waals surface area contributed by atoms with Gasteiger partial charge in [0.2, 0.25) is 10.0 Å². The van der Waals surface area contributed by atoms with Crippen molar-refractivity contribution in [2.75, 3.05) is 20.1 Å². The predicted molar refractivity (Wildman–Crippen MR) is 82.6 cm³/mol. The smallest absolute Gasteiger partial charge is 0.216 e. The molecular weight excluding hydrogens is 311 g/mol. The minimum absolute atomic E-state index is 0.0272. The van der Waals surface area contributed by atoms with Crippen LogP contribution < -0.4 is 0 Å². The molecule has 1 aromatic heterocycles. The molecule has 0 aromatic carbocycles. The fourth-order valence-corrected chi connectivity index (χ4v) is 5.28. The molecule has 0 bridgehead atoms. The van der Waals surface area contributed by atoms with Crippen LogP contribution >= 0.6 is 11.3 Å². The van der Waals surface area contributed by atoms with Crippen molar-refractivity contribution in [3.05, 3.63) is 22.4 Å². The molecule has 0 N–H and O–H groups in total. The summed E-state index contributed by atoms with van der Waals surface area (Å²) in [5.74, 6) is 0. The molecule has 1 aliphatic heterocycles. The van der Waals surface area contributed by atoms with Gasteiger partial charge in [0.05, 0.1) is 5.25 Å². The lowest BCUT2D eigenvalue weighted by molar-refractivity contribution is 0.216. The average molecular weight is 332 g/mol. The van der Waals surface area contributed by atoms with Gasteiger partial charge in [-0.3, -0.25) is 4.90 Å². The first-order chi connectivity index (χ1) is 9.96. The largest absolute Gasteiger partial charge is 0.291 e. The summed E-state index contributed by atoms with van der Waals surface area (Å²) in [4.78, 5) is 3.27. The van der Waals surface area contributed by atoms with E-state index in [1.54, 1.807) is 18.4 Å². The predicted octanol–water partition coefficient (Wildman–Crippen LogP) is 2.08. The lowest BCUT2D eigenvalue weighted by atomic mass is 10.2. The zero-order valence-electron chi connectivity index (χ0n) is 12.1. The van der Waals surface area contributed by atoms with Crippen LogP contribution in [0.25, 0.3) is 0 Å². The van der Waals surface area contributed by atoms with Gasteiger partial charge in [0, 0.05) is 37.6 Å². The highest BCUT2D eigenvalue weighted by atomic mass is 32.2.